The van der Waals surface area contributed by atoms with Gasteiger partial charge in [-0.1, -0.05) is 90.6 Å². The van der Waals surface area contributed by atoms with E-state index < -0.39 is 17.0 Å². The number of hydrogen-bond acceptors (Lipinski definition) is 0. The van der Waals surface area contributed by atoms with Gasteiger partial charge in [-0.15, -0.1) is 74.9 Å². The zero-order chi connectivity index (χ0) is 26.8. The van der Waals surface area contributed by atoms with Crippen molar-refractivity contribution in [3.8, 4) is 11.1 Å². The van der Waals surface area contributed by atoms with E-state index in [2.05, 4.69) is 132 Å². The average molecular weight is 583 g/mol. The zero-order valence-corrected chi connectivity index (χ0v) is 26.5. The first-order chi connectivity index (χ1) is 17.8. The van der Waals surface area contributed by atoms with Crippen molar-refractivity contribution in [3.05, 3.63) is 103 Å². The fraction of sp³-hybridized carbons (Fsp3) is 0.273. The normalized spacial score (nSPS) is 11.0. The van der Waals surface area contributed by atoms with Crippen LogP contribution in [-0.4, -0.2) is 12.3 Å². The van der Waals surface area contributed by atoms with Crippen molar-refractivity contribution in [1.29, 1.82) is 0 Å². The summed E-state index contributed by atoms with van der Waals surface area (Å²) in [4.78, 5) is 0. The molecule has 5 aromatic carbocycles. The van der Waals surface area contributed by atoms with Gasteiger partial charge in [-0.3, -0.25) is 0 Å². The molecule has 4 heteroatoms. The summed E-state index contributed by atoms with van der Waals surface area (Å²) in [5, 5.41) is 7.11. The van der Waals surface area contributed by atoms with Crippen molar-refractivity contribution in [3.63, 3.8) is 0 Å². The van der Waals surface area contributed by atoms with Crippen LogP contribution in [0.5, 0.6) is 0 Å². The first-order valence-corrected chi connectivity index (χ1v) is 18.9. The number of hydrogen-bond donors (Lipinski definition) is 0. The SMILES string of the molecule is CC(C)CP(CC(C)C)c1cc2ccccc2[cH-]1.Cc1cc2c(-c3ccccc3)cccc2[cH-]1.[Cl][Ti][Cl]. The molecule has 37 heavy (non-hydrogen) atoms. The van der Waals surface area contributed by atoms with Crippen molar-refractivity contribution < 1.29 is 17.0 Å². The van der Waals surface area contributed by atoms with E-state index in [1.54, 1.807) is 5.30 Å². The van der Waals surface area contributed by atoms with Gasteiger partial charge in [-0.25, -0.2) is 0 Å². The average Bonchev–Trinajstić information content (AvgIpc) is 3.47. The van der Waals surface area contributed by atoms with Crippen molar-refractivity contribution in [2.75, 3.05) is 12.3 Å². The Labute approximate surface area is 241 Å². The van der Waals surface area contributed by atoms with Crippen LogP contribution in [0, 0.1) is 18.8 Å². The van der Waals surface area contributed by atoms with Crippen LogP contribution >= 0.6 is 26.5 Å². The third-order valence-electron chi connectivity index (χ3n) is 6.12. The van der Waals surface area contributed by atoms with Gasteiger partial charge in [0.1, 0.15) is 0 Å². The number of aryl methyl sites for hydroxylation is 1. The van der Waals surface area contributed by atoms with E-state index in [9.17, 15) is 0 Å². The summed E-state index contributed by atoms with van der Waals surface area (Å²) in [6, 6.07) is 35.1. The van der Waals surface area contributed by atoms with Crippen molar-refractivity contribution in [2.45, 2.75) is 34.6 Å². The van der Waals surface area contributed by atoms with Gasteiger partial charge in [0.15, 0.2) is 0 Å². The molecule has 0 nitrogen and oxygen atoms in total. The van der Waals surface area contributed by atoms with Crippen LogP contribution < -0.4 is 5.30 Å². The van der Waals surface area contributed by atoms with Gasteiger partial charge in [0.2, 0.25) is 0 Å². The Bertz CT molecular complexity index is 1310. The Hall–Kier alpha value is -1.40. The number of halogens is 2. The summed E-state index contributed by atoms with van der Waals surface area (Å²) in [6.45, 7) is 11.5. The molecule has 0 N–H and O–H groups in total. The Morgan fingerprint density at radius 2 is 1.32 bits per heavy atom. The van der Waals surface area contributed by atoms with E-state index in [0.29, 0.717) is 0 Å². The molecule has 0 saturated carbocycles. The van der Waals surface area contributed by atoms with Crippen LogP contribution in [0.3, 0.4) is 0 Å². The molecule has 0 amide bonds. The molecule has 0 aliphatic carbocycles. The minimum absolute atomic E-state index is 0.0185. The molecule has 0 bridgehead atoms. The molecule has 5 aromatic rings. The molecule has 0 fully saturated rings. The van der Waals surface area contributed by atoms with Gasteiger partial charge >= 0.3 is 35.6 Å². The van der Waals surface area contributed by atoms with Gasteiger partial charge in [-0.2, -0.15) is 12.1 Å². The molecule has 0 aliphatic rings. The zero-order valence-electron chi connectivity index (χ0n) is 22.5. The molecule has 0 saturated heterocycles. The third-order valence-corrected chi connectivity index (χ3v) is 9.45. The third kappa shape index (κ3) is 9.09. The maximum atomic E-state index is 4.89. The second-order valence-corrected chi connectivity index (χ2v) is 15.2. The van der Waals surface area contributed by atoms with Crippen molar-refractivity contribution in [2.24, 2.45) is 11.8 Å². The molecule has 0 atom stereocenters. The van der Waals surface area contributed by atoms with E-state index in [4.69, 9.17) is 18.6 Å². The molecular weight excluding hydrogens is 546 g/mol. The molecule has 0 unspecified atom stereocenters. The summed E-state index contributed by atoms with van der Waals surface area (Å²) in [6.07, 6.45) is 2.73. The molecule has 0 aromatic heterocycles. The number of benzene rings is 3. The van der Waals surface area contributed by atoms with E-state index in [-0.39, 0.29) is 7.92 Å². The molecule has 0 heterocycles. The Balaban J connectivity index is 0.000000187. The summed E-state index contributed by atoms with van der Waals surface area (Å²) < 4.78 is 0. The first kappa shape index (κ1) is 30.2. The van der Waals surface area contributed by atoms with E-state index in [1.165, 1.54) is 50.6 Å². The van der Waals surface area contributed by atoms with E-state index >= 15 is 0 Å². The predicted octanol–water partition coefficient (Wildman–Crippen LogP) is 10.9. The summed E-state index contributed by atoms with van der Waals surface area (Å²) in [5.74, 6) is 1.60. The van der Waals surface area contributed by atoms with Crippen molar-refractivity contribution in [1.82, 2.24) is 0 Å². The standard InChI is InChI=1S/C17H24P.C16H13.2ClH.Ti/c1-13(2)11-18(12-14(3)4)17-9-15-7-5-6-8-16(15)10-17;1-12-10-14-8-5-9-15(16(14)11-12)13-6-3-2-4-7-13;;;/h5-10,13-14H,11-12H2,1-4H3;2-11H,1H3;2*1H;/q2*-1;;;+2/p-2. The van der Waals surface area contributed by atoms with Crippen LogP contribution in [0.1, 0.15) is 33.3 Å². The first-order valence-electron chi connectivity index (χ1n) is 12.9. The summed E-state index contributed by atoms with van der Waals surface area (Å²) >= 11 is -0.556. The Kier molecular flexibility index (Phi) is 12.4. The molecule has 5 rings (SSSR count). The van der Waals surface area contributed by atoms with Crippen LogP contribution in [0.2, 0.25) is 0 Å². The number of rotatable bonds is 6. The van der Waals surface area contributed by atoms with Gasteiger partial charge in [-0.05, 0) is 29.7 Å². The number of fused-ring (bicyclic) bond motifs is 2. The van der Waals surface area contributed by atoms with Gasteiger partial charge in [0.05, 0.1) is 0 Å². The minimum atomic E-state index is -0.556. The topological polar surface area (TPSA) is 0 Å². The van der Waals surface area contributed by atoms with Crippen LogP contribution in [0.15, 0.2) is 97.1 Å². The van der Waals surface area contributed by atoms with Gasteiger partial charge in [0, 0.05) is 0 Å². The predicted molar refractivity (Wildman–Crippen MR) is 167 cm³/mol. The second-order valence-electron chi connectivity index (χ2n) is 10.3. The monoisotopic (exact) mass is 582 g/mol. The second kappa shape index (κ2) is 15.3. The van der Waals surface area contributed by atoms with E-state index in [1.807, 2.05) is 0 Å². The van der Waals surface area contributed by atoms with Gasteiger partial charge in [0.25, 0.3) is 0 Å². The molecular formula is C33H37Cl2PTi-2. The van der Waals surface area contributed by atoms with Gasteiger partial charge < -0.3 is 0 Å². The van der Waals surface area contributed by atoms with E-state index in [0.717, 1.165) is 11.8 Å². The van der Waals surface area contributed by atoms with Crippen LogP contribution in [0.4, 0.5) is 0 Å². The molecule has 0 aliphatic heterocycles. The quantitative estimate of drug-likeness (QED) is 0.106. The molecule has 194 valence electrons. The van der Waals surface area contributed by atoms with Crippen LogP contribution in [0.25, 0.3) is 32.7 Å². The fourth-order valence-electron chi connectivity index (χ4n) is 4.74. The molecule has 0 radical (unpaired) electrons. The Morgan fingerprint density at radius 3 is 1.95 bits per heavy atom. The fourth-order valence-corrected chi connectivity index (χ4v) is 7.71. The Morgan fingerprint density at radius 1 is 0.730 bits per heavy atom. The summed E-state index contributed by atoms with van der Waals surface area (Å²) in [5.41, 5.74) is 3.95. The van der Waals surface area contributed by atoms with Crippen LogP contribution in [-0.2, 0) is 17.0 Å². The van der Waals surface area contributed by atoms with Crippen molar-refractivity contribution >= 4 is 53.4 Å². The summed E-state index contributed by atoms with van der Waals surface area (Å²) in [7, 11) is 9.80. The maximum absolute atomic E-state index is 4.89. The molecule has 0 spiro atoms.